The van der Waals surface area contributed by atoms with Crippen molar-refractivity contribution in [1.29, 1.82) is 0 Å². The number of rotatable bonds is 2. The number of carbonyl (C=O) groups is 2. The van der Waals surface area contributed by atoms with Crippen LogP contribution in [0.5, 0.6) is 0 Å². The van der Waals surface area contributed by atoms with E-state index < -0.39 is 23.4 Å². The lowest BCUT2D eigenvalue weighted by Gasteiger charge is -2.35. The van der Waals surface area contributed by atoms with E-state index in [-0.39, 0.29) is 11.3 Å². The first-order valence-electron chi connectivity index (χ1n) is 6.60. The second-order valence-corrected chi connectivity index (χ2v) is 5.41. The lowest BCUT2D eigenvalue weighted by Crippen LogP contribution is -2.46. The van der Waals surface area contributed by atoms with E-state index >= 15 is 0 Å². The van der Waals surface area contributed by atoms with E-state index in [1.807, 2.05) is 0 Å². The number of likely N-dealkylation sites (tertiary alicyclic amines) is 1. The Balaban J connectivity index is 2.08. The molecule has 1 aromatic rings. The standard InChI is InChI=1S/C14H17FN2O4/c1-14(21)4-6-17(7-5-14)13(20)16-11-3-2-9(15)8-10(11)12(18)19/h2-3,8,21H,4-7H2,1H3,(H,16,20)(H,18,19). The third-order valence-corrected chi connectivity index (χ3v) is 3.58. The van der Waals surface area contributed by atoms with E-state index in [1.54, 1.807) is 6.92 Å². The minimum absolute atomic E-state index is 0.0474. The molecule has 7 heteroatoms. The normalized spacial score (nSPS) is 17.4. The molecule has 2 amide bonds. The SMILES string of the molecule is CC1(O)CCN(C(=O)Nc2ccc(F)cc2C(=O)O)CC1. The molecule has 21 heavy (non-hydrogen) atoms. The molecule has 0 atom stereocenters. The van der Waals surface area contributed by atoms with Gasteiger partial charge in [-0.2, -0.15) is 0 Å². The molecule has 0 aliphatic carbocycles. The van der Waals surface area contributed by atoms with Gasteiger partial charge in [-0.25, -0.2) is 14.0 Å². The average molecular weight is 296 g/mol. The van der Waals surface area contributed by atoms with Crippen molar-refractivity contribution in [1.82, 2.24) is 4.90 Å². The number of benzene rings is 1. The fraction of sp³-hybridized carbons (Fsp3) is 0.429. The number of halogens is 1. The first kappa shape index (κ1) is 15.2. The van der Waals surface area contributed by atoms with Crippen LogP contribution in [-0.2, 0) is 0 Å². The molecule has 2 rings (SSSR count). The molecular formula is C14H17FN2O4. The van der Waals surface area contributed by atoms with Crippen LogP contribution in [0.1, 0.15) is 30.1 Å². The number of hydrogen-bond donors (Lipinski definition) is 3. The molecule has 1 aliphatic rings. The zero-order chi connectivity index (χ0) is 15.6. The van der Waals surface area contributed by atoms with Gasteiger partial charge in [-0.3, -0.25) is 0 Å². The summed E-state index contributed by atoms with van der Waals surface area (Å²) in [7, 11) is 0. The average Bonchev–Trinajstić information content (AvgIpc) is 2.40. The number of nitrogens with zero attached hydrogens (tertiary/aromatic N) is 1. The molecule has 0 radical (unpaired) electrons. The van der Waals surface area contributed by atoms with Crippen molar-refractivity contribution in [3.05, 3.63) is 29.6 Å². The van der Waals surface area contributed by atoms with Crippen molar-refractivity contribution in [3.8, 4) is 0 Å². The third-order valence-electron chi connectivity index (χ3n) is 3.58. The highest BCUT2D eigenvalue weighted by atomic mass is 19.1. The summed E-state index contributed by atoms with van der Waals surface area (Å²) in [6.45, 7) is 2.47. The predicted octanol–water partition coefficient (Wildman–Crippen LogP) is 1.90. The molecule has 0 spiro atoms. The van der Waals surface area contributed by atoms with Crippen LogP contribution in [0.3, 0.4) is 0 Å². The highest BCUT2D eigenvalue weighted by Crippen LogP contribution is 2.23. The van der Waals surface area contributed by atoms with Crippen LogP contribution in [0.2, 0.25) is 0 Å². The van der Waals surface area contributed by atoms with Crippen LogP contribution in [0, 0.1) is 5.82 Å². The van der Waals surface area contributed by atoms with Crippen molar-refractivity contribution in [2.45, 2.75) is 25.4 Å². The summed E-state index contributed by atoms with van der Waals surface area (Å²) in [5, 5.41) is 21.3. The lowest BCUT2D eigenvalue weighted by atomic mass is 9.94. The maximum absolute atomic E-state index is 13.1. The Hall–Kier alpha value is -2.15. The Morgan fingerprint density at radius 2 is 1.95 bits per heavy atom. The maximum Gasteiger partial charge on any atom is 0.337 e. The number of aliphatic hydroxyl groups is 1. The van der Waals surface area contributed by atoms with Gasteiger partial charge in [0.2, 0.25) is 0 Å². The molecule has 0 aromatic heterocycles. The van der Waals surface area contributed by atoms with Gasteiger partial charge in [-0.15, -0.1) is 0 Å². The number of anilines is 1. The van der Waals surface area contributed by atoms with E-state index in [4.69, 9.17) is 5.11 Å². The molecule has 0 bridgehead atoms. The van der Waals surface area contributed by atoms with Crippen LogP contribution in [-0.4, -0.2) is 45.8 Å². The van der Waals surface area contributed by atoms with Crippen molar-refractivity contribution in [2.24, 2.45) is 0 Å². The Labute approximate surface area is 121 Å². The smallest absolute Gasteiger partial charge is 0.337 e. The molecule has 1 heterocycles. The van der Waals surface area contributed by atoms with Gasteiger partial charge in [-0.05, 0) is 38.0 Å². The molecule has 0 saturated carbocycles. The molecule has 1 fully saturated rings. The van der Waals surface area contributed by atoms with Crippen LogP contribution in [0.4, 0.5) is 14.9 Å². The summed E-state index contributed by atoms with van der Waals surface area (Å²) >= 11 is 0. The number of hydrogen-bond acceptors (Lipinski definition) is 3. The minimum Gasteiger partial charge on any atom is -0.478 e. The molecule has 1 aromatic carbocycles. The topological polar surface area (TPSA) is 89.9 Å². The number of aromatic carboxylic acids is 1. The van der Waals surface area contributed by atoms with Gasteiger partial charge >= 0.3 is 12.0 Å². The predicted molar refractivity (Wildman–Crippen MR) is 73.8 cm³/mol. The van der Waals surface area contributed by atoms with Gasteiger partial charge < -0.3 is 20.4 Å². The summed E-state index contributed by atoms with van der Waals surface area (Å²) in [5.41, 5.74) is -1.03. The van der Waals surface area contributed by atoms with Crippen molar-refractivity contribution in [3.63, 3.8) is 0 Å². The Bertz CT molecular complexity index is 564. The highest BCUT2D eigenvalue weighted by Gasteiger charge is 2.29. The minimum atomic E-state index is -1.31. The summed E-state index contributed by atoms with van der Waals surface area (Å²) in [5.74, 6) is -1.99. The highest BCUT2D eigenvalue weighted by molar-refractivity contribution is 6.00. The number of carboxylic acids is 1. The van der Waals surface area contributed by atoms with Gasteiger partial charge in [0.15, 0.2) is 0 Å². The summed E-state index contributed by atoms with van der Waals surface area (Å²) in [6, 6.07) is 2.71. The van der Waals surface area contributed by atoms with Crippen molar-refractivity contribution < 1.29 is 24.2 Å². The number of carboxylic acid groups (broad SMARTS) is 1. The quantitative estimate of drug-likeness (QED) is 0.777. The first-order chi connectivity index (χ1) is 9.78. The number of nitrogens with one attached hydrogen (secondary N) is 1. The summed E-state index contributed by atoms with van der Waals surface area (Å²) in [4.78, 5) is 24.6. The number of amides is 2. The monoisotopic (exact) mass is 296 g/mol. The van der Waals surface area contributed by atoms with E-state index in [2.05, 4.69) is 5.32 Å². The van der Waals surface area contributed by atoms with E-state index in [1.165, 1.54) is 11.0 Å². The zero-order valence-electron chi connectivity index (χ0n) is 11.6. The molecular weight excluding hydrogens is 279 g/mol. The second kappa shape index (κ2) is 5.69. The number of carbonyl (C=O) groups excluding carboxylic acids is 1. The maximum atomic E-state index is 13.1. The Morgan fingerprint density at radius 3 is 2.52 bits per heavy atom. The molecule has 0 unspecified atom stereocenters. The largest absolute Gasteiger partial charge is 0.478 e. The van der Waals surface area contributed by atoms with Crippen molar-refractivity contribution >= 4 is 17.7 Å². The van der Waals surface area contributed by atoms with E-state index in [0.29, 0.717) is 25.9 Å². The van der Waals surface area contributed by atoms with Gasteiger partial charge in [-0.1, -0.05) is 0 Å². The van der Waals surface area contributed by atoms with Crippen molar-refractivity contribution in [2.75, 3.05) is 18.4 Å². The molecule has 1 aliphatic heterocycles. The number of piperidine rings is 1. The van der Waals surface area contributed by atoms with E-state index in [9.17, 15) is 19.1 Å². The van der Waals surface area contributed by atoms with E-state index in [0.717, 1.165) is 12.1 Å². The van der Waals surface area contributed by atoms with Gasteiger partial charge in [0.25, 0.3) is 0 Å². The second-order valence-electron chi connectivity index (χ2n) is 5.41. The lowest BCUT2D eigenvalue weighted by molar-refractivity contribution is 0.00570. The van der Waals surface area contributed by atoms with Crippen LogP contribution in [0.15, 0.2) is 18.2 Å². The molecule has 6 nitrogen and oxygen atoms in total. The zero-order valence-corrected chi connectivity index (χ0v) is 11.6. The Kier molecular flexibility index (Phi) is 4.13. The Morgan fingerprint density at radius 1 is 1.33 bits per heavy atom. The van der Waals surface area contributed by atoms with Crippen LogP contribution < -0.4 is 5.32 Å². The van der Waals surface area contributed by atoms with Gasteiger partial charge in [0.1, 0.15) is 5.82 Å². The summed E-state index contributed by atoms with van der Waals surface area (Å²) in [6.07, 6.45) is 0.908. The van der Waals surface area contributed by atoms with Gasteiger partial charge in [0.05, 0.1) is 16.9 Å². The van der Waals surface area contributed by atoms with Gasteiger partial charge in [0, 0.05) is 13.1 Å². The molecule has 1 saturated heterocycles. The van der Waals surface area contributed by atoms with Crippen LogP contribution in [0.25, 0.3) is 0 Å². The molecule has 114 valence electrons. The fourth-order valence-corrected chi connectivity index (χ4v) is 2.19. The first-order valence-corrected chi connectivity index (χ1v) is 6.60. The van der Waals surface area contributed by atoms with Crippen LogP contribution >= 0.6 is 0 Å². The third kappa shape index (κ3) is 3.69. The molecule has 3 N–H and O–H groups in total. The summed E-state index contributed by atoms with van der Waals surface area (Å²) < 4.78 is 13.1. The fourth-order valence-electron chi connectivity index (χ4n) is 2.19. The number of urea groups is 1.